The molecule has 1 rings (SSSR count). The molecule has 5 heteroatoms. The molecule has 0 amide bonds. The van der Waals surface area contributed by atoms with E-state index in [4.69, 9.17) is 30.5 Å². The third kappa shape index (κ3) is 8.06. The summed E-state index contributed by atoms with van der Waals surface area (Å²) in [6, 6.07) is 7.81. The fraction of sp³-hybridized carbons (Fsp3) is 0.571. The molecule has 1 aromatic carbocycles. The Bertz CT molecular complexity index is 316. The summed E-state index contributed by atoms with van der Waals surface area (Å²) in [4.78, 5) is 0. The summed E-state index contributed by atoms with van der Waals surface area (Å²) >= 11 is 5.47. The number of rotatable bonds is 11. The van der Waals surface area contributed by atoms with Crippen LogP contribution in [-0.2, 0) is 20.8 Å². The van der Waals surface area contributed by atoms with Crippen LogP contribution in [0.1, 0.15) is 5.56 Å². The molecule has 0 aliphatic rings. The second-order valence-electron chi connectivity index (χ2n) is 3.81. The van der Waals surface area contributed by atoms with Gasteiger partial charge in [-0.15, -0.1) is 11.6 Å². The standard InChI is InChI=1S/C14H21ClO4/c1-16-14-4-2-13(3-5-14)12-19-11-10-18-9-8-17-7-6-15/h2-5H,6-12H2,1H3. The quantitative estimate of drug-likeness (QED) is 0.463. The van der Waals surface area contributed by atoms with Gasteiger partial charge in [0.05, 0.1) is 46.8 Å². The molecule has 0 heterocycles. The van der Waals surface area contributed by atoms with Crippen LogP contribution in [0, 0.1) is 0 Å². The van der Waals surface area contributed by atoms with E-state index in [2.05, 4.69) is 0 Å². The Hall–Kier alpha value is -0.810. The highest BCUT2D eigenvalue weighted by Gasteiger charge is 1.95. The normalized spacial score (nSPS) is 10.6. The third-order valence-electron chi connectivity index (χ3n) is 2.39. The van der Waals surface area contributed by atoms with E-state index in [9.17, 15) is 0 Å². The average molecular weight is 289 g/mol. The van der Waals surface area contributed by atoms with Gasteiger partial charge in [0.1, 0.15) is 5.75 Å². The first-order chi connectivity index (χ1) is 9.36. The number of methoxy groups -OCH3 is 1. The predicted octanol–water partition coefficient (Wildman–Crippen LogP) is 2.48. The van der Waals surface area contributed by atoms with Crippen LogP contribution >= 0.6 is 11.6 Å². The molecule has 1 aromatic rings. The monoisotopic (exact) mass is 288 g/mol. The van der Waals surface area contributed by atoms with Crippen molar-refractivity contribution in [3.8, 4) is 5.75 Å². The summed E-state index contributed by atoms with van der Waals surface area (Å²) in [7, 11) is 1.65. The summed E-state index contributed by atoms with van der Waals surface area (Å²) in [5, 5.41) is 0. The lowest BCUT2D eigenvalue weighted by molar-refractivity contribution is 0.0131. The molecule has 0 aliphatic heterocycles. The largest absolute Gasteiger partial charge is 0.497 e. The predicted molar refractivity (Wildman–Crippen MR) is 75.0 cm³/mol. The Labute approximate surface area is 119 Å². The lowest BCUT2D eigenvalue weighted by atomic mass is 10.2. The van der Waals surface area contributed by atoms with E-state index >= 15 is 0 Å². The lowest BCUT2D eigenvalue weighted by Crippen LogP contribution is -2.10. The second kappa shape index (κ2) is 11.1. The number of ether oxygens (including phenoxy) is 4. The van der Waals surface area contributed by atoms with Crippen molar-refractivity contribution in [2.45, 2.75) is 6.61 Å². The highest BCUT2D eigenvalue weighted by atomic mass is 35.5. The average Bonchev–Trinajstić information content (AvgIpc) is 2.46. The van der Waals surface area contributed by atoms with Crippen LogP contribution in [0.4, 0.5) is 0 Å². The summed E-state index contributed by atoms with van der Waals surface area (Å²) in [5.74, 6) is 1.37. The summed E-state index contributed by atoms with van der Waals surface area (Å²) in [5.41, 5.74) is 1.12. The van der Waals surface area contributed by atoms with Gasteiger partial charge in [0.15, 0.2) is 0 Å². The minimum Gasteiger partial charge on any atom is -0.497 e. The van der Waals surface area contributed by atoms with Crippen molar-refractivity contribution in [3.05, 3.63) is 29.8 Å². The SMILES string of the molecule is COc1ccc(COCCOCCOCCCl)cc1. The van der Waals surface area contributed by atoms with Crippen molar-refractivity contribution in [1.82, 2.24) is 0 Å². The maximum Gasteiger partial charge on any atom is 0.118 e. The number of halogens is 1. The Kier molecular flexibility index (Phi) is 9.45. The minimum absolute atomic E-state index is 0.519. The molecule has 0 aliphatic carbocycles. The summed E-state index contributed by atoms with van der Waals surface area (Å²) < 4.78 is 21.1. The molecule has 0 saturated heterocycles. The van der Waals surface area contributed by atoms with E-state index in [0.717, 1.165) is 11.3 Å². The van der Waals surface area contributed by atoms with Gasteiger partial charge >= 0.3 is 0 Å². The molecular weight excluding hydrogens is 268 g/mol. The molecule has 0 bridgehead atoms. The van der Waals surface area contributed by atoms with Crippen LogP contribution < -0.4 is 4.74 Å². The lowest BCUT2D eigenvalue weighted by Gasteiger charge is -2.07. The molecule has 0 spiro atoms. The van der Waals surface area contributed by atoms with Crippen molar-refractivity contribution in [2.75, 3.05) is 46.0 Å². The summed E-state index contributed by atoms with van der Waals surface area (Å²) in [6.45, 7) is 3.44. The van der Waals surface area contributed by atoms with E-state index in [1.54, 1.807) is 7.11 Å². The number of benzene rings is 1. The Balaban J connectivity index is 1.95. The first-order valence-electron chi connectivity index (χ1n) is 6.29. The van der Waals surface area contributed by atoms with Gasteiger partial charge in [0.25, 0.3) is 0 Å². The first-order valence-corrected chi connectivity index (χ1v) is 6.82. The second-order valence-corrected chi connectivity index (χ2v) is 4.19. The number of hydrogen-bond acceptors (Lipinski definition) is 4. The highest BCUT2D eigenvalue weighted by Crippen LogP contribution is 2.11. The van der Waals surface area contributed by atoms with Crippen molar-refractivity contribution in [2.24, 2.45) is 0 Å². The van der Waals surface area contributed by atoms with Crippen LogP contribution in [-0.4, -0.2) is 46.0 Å². The molecule has 0 fully saturated rings. The Morgan fingerprint density at radius 3 is 2.00 bits per heavy atom. The van der Waals surface area contributed by atoms with Gasteiger partial charge in [-0.3, -0.25) is 0 Å². The van der Waals surface area contributed by atoms with Crippen molar-refractivity contribution >= 4 is 11.6 Å². The fourth-order valence-corrected chi connectivity index (χ4v) is 1.52. The number of hydrogen-bond donors (Lipinski definition) is 0. The molecule has 4 nitrogen and oxygen atoms in total. The van der Waals surface area contributed by atoms with E-state index in [-0.39, 0.29) is 0 Å². The van der Waals surface area contributed by atoms with Gasteiger partial charge in [0.2, 0.25) is 0 Å². The smallest absolute Gasteiger partial charge is 0.118 e. The zero-order valence-electron chi connectivity index (χ0n) is 11.3. The molecule has 0 unspecified atom stereocenters. The molecule has 0 N–H and O–H groups in total. The van der Waals surface area contributed by atoms with Crippen molar-refractivity contribution in [3.63, 3.8) is 0 Å². The Morgan fingerprint density at radius 1 is 0.842 bits per heavy atom. The van der Waals surface area contributed by atoms with Gasteiger partial charge in [-0.05, 0) is 17.7 Å². The van der Waals surface area contributed by atoms with Gasteiger partial charge in [-0.25, -0.2) is 0 Å². The molecule has 0 saturated carbocycles. The maximum atomic E-state index is 5.49. The van der Waals surface area contributed by atoms with Gasteiger partial charge in [-0.1, -0.05) is 12.1 Å². The molecule has 0 atom stereocenters. The number of alkyl halides is 1. The van der Waals surface area contributed by atoms with Gasteiger partial charge < -0.3 is 18.9 Å². The van der Waals surface area contributed by atoms with E-state index in [1.165, 1.54) is 0 Å². The highest BCUT2D eigenvalue weighted by molar-refractivity contribution is 6.17. The van der Waals surface area contributed by atoms with E-state index in [1.807, 2.05) is 24.3 Å². The van der Waals surface area contributed by atoms with Crippen LogP contribution in [0.5, 0.6) is 5.75 Å². The fourth-order valence-electron chi connectivity index (χ4n) is 1.41. The molecule has 19 heavy (non-hydrogen) atoms. The van der Waals surface area contributed by atoms with Crippen molar-refractivity contribution < 1.29 is 18.9 Å². The third-order valence-corrected chi connectivity index (χ3v) is 2.55. The van der Waals surface area contributed by atoms with Crippen LogP contribution in [0.15, 0.2) is 24.3 Å². The summed E-state index contributed by atoms with van der Waals surface area (Å²) in [6.07, 6.45) is 0. The van der Waals surface area contributed by atoms with Crippen LogP contribution in [0.25, 0.3) is 0 Å². The Morgan fingerprint density at radius 2 is 1.42 bits per heavy atom. The zero-order valence-corrected chi connectivity index (χ0v) is 12.0. The molecule has 0 aromatic heterocycles. The first kappa shape index (κ1) is 16.2. The van der Waals surface area contributed by atoms with Crippen LogP contribution in [0.3, 0.4) is 0 Å². The zero-order chi connectivity index (χ0) is 13.8. The van der Waals surface area contributed by atoms with Crippen molar-refractivity contribution in [1.29, 1.82) is 0 Å². The maximum absolute atomic E-state index is 5.49. The topological polar surface area (TPSA) is 36.9 Å². The van der Waals surface area contributed by atoms with E-state index < -0.39 is 0 Å². The van der Waals surface area contributed by atoms with Gasteiger partial charge in [-0.2, -0.15) is 0 Å². The van der Waals surface area contributed by atoms with Crippen LogP contribution in [0.2, 0.25) is 0 Å². The minimum atomic E-state index is 0.519. The van der Waals surface area contributed by atoms with E-state index in [0.29, 0.717) is 45.5 Å². The molecular formula is C14H21ClO4. The van der Waals surface area contributed by atoms with Gasteiger partial charge in [0, 0.05) is 5.88 Å². The molecule has 108 valence electrons. The molecule has 0 radical (unpaired) electrons.